The van der Waals surface area contributed by atoms with Crippen LogP contribution in [0.5, 0.6) is 5.75 Å². The number of nitrogens with zero attached hydrogens (tertiary/aromatic N) is 3. The fraction of sp³-hybridized carbons (Fsp3) is 0.316. The molecule has 12 heteroatoms. The molecule has 3 rings (SSSR count). The Kier molecular flexibility index (Phi) is 7.11. The van der Waals surface area contributed by atoms with Crippen LogP contribution in [0.15, 0.2) is 47.4 Å². The number of primary sulfonamides is 1. The summed E-state index contributed by atoms with van der Waals surface area (Å²) in [5.41, 5.74) is 0.511. The summed E-state index contributed by atoms with van der Waals surface area (Å²) in [5, 5.41) is 16.9. The molecule has 1 fully saturated rings. The molecule has 1 aliphatic heterocycles. The predicted octanol–water partition coefficient (Wildman–Crippen LogP) is 1.62. The molecule has 0 spiro atoms. The molecule has 2 aromatic carbocycles. The zero-order chi connectivity index (χ0) is 22.6. The van der Waals surface area contributed by atoms with Gasteiger partial charge >= 0.3 is 5.69 Å². The Balaban J connectivity index is 1.55. The summed E-state index contributed by atoms with van der Waals surface area (Å²) in [7, 11) is -4.10. The number of nitro benzene ring substituents is 1. The first kappa shape index (κ1) is 22.9. The third-order valence-electron chi connectivity index (χ3n) is 4.83. The first-order chi connectivity index (χ1) is 14.6. The van der Waals surface area contributed by atoms with E-state index in [9.17, 15) is 23.3 Å². The van der Waals surface area contributed by atoms with E-state index in [1.807, 2.05) is 24.3 Å². The van der Waals surface area contributed by atoms with Crippen molar-refractivity contribution in [3.8, 4) is 5.75 Å². The number of ether oxygens (including phenoxy) is 1. The zero-order valence-corrected chi connectivity index (χ0v) is 18.0. The van der Waals surface area contributed by atoms with E-state index in [-0.39, 0.29) is 11.7 Å². The molecule has 1 amide bonds. The molecular weight excluding hydrogens is 448 g/mol. The van der Waals surface area contributed by atoms with Gasteiger partial charge in [0.25, 0.3) is 5.91 Å². The molecule has 2 N–H and O–H groups in total. The van der Waals surface area contributed by atoms with Gasteiger partial charge in [0.1, 0.15) is 0 Å². The van der Waals surface area contributed by atoms with Gasteiger partial charge in [-0.15, -0.1) is 0 Å². The van der Waals surface area contributed by atoms with Crippen LogP contribution in [0.4, 0.5) is 5.69 Å². The van der Waals surface area contributed by atoms with Crippen molar-refractivity contribution in [2.24, 2.45) is 5.14 Å². The van der Waals surface area contributed by atoms with Crippen molar-refractivity contribution in [1.82, 2.24) is 9.80 Å². The van der Waals surface area contributed by atoms with E-state index in [4.69, 9.17) is 21.5 Å². The number of hydrogen-bond acceptors (Lipinski definition) is 7. The second-order valence-corrected chi connectivity index (χ2v) is 9.01. The van der Waals surface area contributed by atoms with Gasteiger partial charge < -0.3 is 9.64 Å². The molecule has 1 aliphatic rings. The topological polar surface area (TPSA) is 136 Å². The molecule has 0 atom stereocenters. The minimum Gasteiger partial charge on any atom is -0.477 e. The number of carbonyl (C=O) groups excluding carboxylic acids is 1. The molecule has 0 unspecified atom stereocenters. The lowest BCUT2D eigenvalue weighted by Gasteiger charge is -2.34. The number of nitrogens with two attached hydrogens (primary N) is 1. The predicted molar refractivity (Wildman–Crippen MR) is 113 cm³/mol. The highest BCUT2D eigenvalue weighted by atomic mass is 35.5. The molecule has 166 valence electrons. The molecule has 10 nitrogen and oxygen atoms in total. The average Bonchev–Trinajstić information content (AvgIpc) is 2.71. The number of rotatable bonds is 7. The summed E-state index contributed by atoms with van der Waals surface area (Å²) in [4.78, 5) is 26.3. The van der Waals surface area contributed by atoms with Crippen LogP contribution in [0.1, 0.15) is 5.56 Å². The molecule has 2 aromatic rings. The van der Waals surface area contributed by atoms with E-state index in [0.29, 0.717) is 31.2 Å². The minimum absolute atomic E-state index is 0.203. The van der Waals surface area contributed by atoms with Crippen LogP contribution < -0.4 is 9.88 Å². The minimum atomic E-state index is -4.10. The fourth-order valence-electron chi connectivity index (χ4n) is 3.22. The fourth-order valence-corrected chi connectivity index (χ4v) is 3.97. The number of hydrogen-bond donors (Lipinski definition) is 1. The van der Waals surface area contributed by atoms with E-state index >= 15 is 0 Å². The van der Waals surface area contributed by atoms with Gasteiger partial charge in [-0.3, -0.25) is 19.8 Å². The van der Waals surface area contributed by atoms with Gasteiger partial charge in [-0.25, -0.2) is 13.6 Å². The van der Waals surface area contributed by atoms with Crippen molar-refractivity contribution in [3.63, 3.8) is 0 Å². The monoisotopic (exact) mass is 468 g/mol. The zero-order valence-electron chi connectivity index (χ0n) is 16.4. The number of amides is 1. The number of benzene rings is 2. The molecule has 0 saturated carbocycles. The van der Waals surface area contributed by atoms with Crippen molar-refractivity contribution in [3.05, 3.63) is 63.2 Å². The Morgan fingerprint density at radius 3 is 2.48 bits per heavy atom. The summed E-state index contributed by atoms with van der Waals surface area (Å²) >= 11 is 6.01. The van der Waals surface area contributed by atoms with Crippen LogP contribution in [0.2, 0.25) is 5.02 Å². The van der Waals surface area contributed by atoms with Gasteiger partial charge in [0.15, 0.2) is 12.4 Å². The van der Waals surface area contributed by atoms with Gasteiger partial charge in [0.2, 0.25) is 10.0 Å². The molecule has 31 heavy (non-hydrogen) atoms. The van der Waals surface area contributed by atoms with Crippen LogP contribution in [0.3, 0.4) is 0 Å². The highest BCUT2D eigenvalue weighted by Crippen LogP contribution is 2.29. The largest absolute Gasteiger partial charge is 0.477 e. The summed E-state index contributed by atoms with van der Waals surface area (Å²) in [6.45, 7) is 2.65. The van der Waals surface area contributed by atoms with Gasteiger partial charge in [-0.1, -0.05) is 23.7 Å². The maximum atomic E-state index is 12.5. The highest BCUT2D eigenvalue weighted by Gasteiger charge is 2.24. The lowest BCUT2D eigenvalue weighted by atomic mass is 10.2. The smallest absolute Gasteiger partial charge is 0.312 e. The number of halogens is 1. The van der Waals surface area contributed by atoms with Crippen molar-refractivity contribution < 1.29 is 22.9 Å². The van der Waals surface area contributed by atoms with Crippen molar-refractivity contribution >= 4 is 33.2 Å². The normalized spacial score (nSPS) is 15.0. The lowest BCUT2D eigenvalue weighted by molar-refractivity contribution is -0.386. The summed E-state index contributed by atoms with van der Waals surface area (Å²) in [6, 6.07) is 10.6. The number of sulfonamides is 1. The van der Waals surface area contributed by atoms with Crippen molar-refractivity contribution in [2.45, 2.75) is 11.4 Å². The molecule has 1 saturated heterocycles. The van der Waals surface area contributed by atoms with Crippen LogP contribution in [0.25, 0.3) is 0 Å². The number of carbonyl (C=O) groups is 1. The average molecular weight is 469 g/mol. The molecule has 0 radical (unpaired) electrons. The van der Waals surface area contributed by atoms with Crippen LogP contribution >= 0.6 is 11.6 Å². The summed E-state index contributed by atoms with van der Waals surface area (Å²) in [6.07, 6.45) is 0. The quantitative estimate of drug-likeness (QED) is 0.481. The van der Waals surface area contributed by atoms with E-state index in [1.165, 1.54) is 0 Å². The van der Waals surface area contributed by atoms with Gasteiger partial charge in [0.05, 0.1) is 9.82 Å². The molecule has 0 aromatic heterocycles. The molecular formula is C19H21ClN4O6S. The van der Waals surface area contributed by atoms with Crippen LogP contribution in [0, 0.1) is 10.1 Å². The maximum Gasteiger partial charge on any atom is 0.312 e. The van der Waals surface area contributed by atoms with Gasteiger partial charge in [-0.05, 0) is 29.8 Å². The lowest BCUT2D eigenvalue weighted by Crippen LogP contribution is -2.49. The van der Waals surface area contributed by atoms with E-state index in [1.54, 1.807) is 4.90 Å². The number of piperazine rings is 1. The van der Waals surface area contributed by atoms with Gasteiger partial charge in [0, 0.05) is 43.8 Å². The van der Waals surface area contributed by atoms with Crippen LogP contribution in [-0.4, -0.2) is 61.8 Å². The first-order valence-electron chi connectivity index (χ1n) is 9.32. The Hall–Kier alpha value is -2.73. The third-order valence-corrected chi connectivity index (χ3v) is 5.97. The van der Waals surface area contributed by atoms with E-state index < -0.39 is 32.1 Å². The molecule has 0 bridgehead atoms. The van der Waals surface area contributed by atoms with E-state index in [0.717, 1.165) is 30.3 Å². The van der Waals surface area contributed by atoms with E-state index in [2.05, 4.69) is 4.90 Å². The summed E-state index contributed by atoms with van der Waals surface area (Å²) in [5.74, 6) is -0.516. The van der Waals surface area contributed by atoms with Crippen molar-refractivity contribution in [1.29, 1.82) is 0 Å². The Morgan fingerprint density at radius 2 is 1.87 bits per heavy atom. The Bertz CT molecular complexity index is 1090. The standard InChI is InChI=1S/C19H21ClN4O6S/c20-15-3-1-2-14(10-15)12-22-6-8-23(9-7-22)19(25)13-30-18-5-4-16(31(21,28)29)11-17(18)24(26)27/h1-5,10-11H,6-9,12-13H2,(H2,21,28,29). The maximum absolute atomic E-state index is 12.5. The highest BCUT2D eigenvalue weighted by molar-refractivity contribution is 7.89. The Labute approximate surface area is 184 Å². The Morgan fingerprint density at radius 1 is 1.16 bits per heavy atom. The van der Waals surface area contributed by atoms with Crippen molar-refractivity contribution in [2.75, 3.05) is 32.8 Å². The summed E-state index contributed by atoms with van der Waals surface area (Å²) < 4.78 is 28.1. The molecule has 0 aliphatic carbocycles. The number of nitro groups is 1. The van der Waals surface area contributed by atoms with Crippen LogP contribution in [-0.2, 0) is 21.4 Å². The van der Waals surface area contributed by atoms with Gasteiger partial charge in [-0.2, -0.15) is 0 Å². The second-order valence-electron chi connectivity index (χ2n) is 7.01. The SMILES string of the molecule is NS(=O)(=O)c1ccc(OCC(=O)N2CCN(Cc3cccc(Cl)c3)CC2)c([N+](=O)[O-])c1. The first-order valence-corrected chi connectivity index (χ1v) is 11.2. The molecule has 1 heterocycles. The third kappa shape index (κ3) is 6.14. The second kappa shape index (κ2) is 9.60.